The first kappa shape index (κ1) is 31.3. The van der Waals surface area contributed by atoms with Crippen molar-refractivity contribution in [1.82, 2.24) is 16.0 Å². The van der Waals surface area contributed by atoms with E-state index in [0.717, 1.165) is 5.56 Å². The lowest BCUT2D eigenvalue weighted by molar-refractivity contribution is -0.142. The van der Waals surface area contributed by atoms with Crippen LogP contribution in [0.2, 0.25) is 0 Å². The normalized spacial score (nSPS) is 14.9. The number of hydrogen-bond acceptors (Lipinski definition) is 6. The van der Waals surface area contributed by atoms with Crippen molar-refractivity contribution in [3.63, 3.8) is 0 Å². The van der Waals surface area contributed by atoms with E-state index in [1.54, 1.807) is 32.9 Å². The lowest BCUT2D eigenvalue weighted by Crippen LogP contribution is -2.59. The van der Waals surface area contributed by atoms with Crippen molar-refractivity contribution < 1.29 is 29.4 Å². The molecule has 2 rings (SSSR count). The Labute approximate surface area is 229 Å². The lowest BCUT2D eigenvalue weighted by Gasteiger charge is -2.28. The van der Waals surface area contributed by atoms with Crippen LogP contribution in [0, 0.1) is 11.8 Å². The summed E-state index contributed by atoms with van der Waals surface area (Å²) in [6.07, 6.45) is 0.695. The van der Waals surface area contributed by atoms with E-state index in [2.05, 4.69) is 16.0 Å². The summed E-state index contributed by atoms with van der Waals surface area (Å²) in [7, 11) is 0. The number of carboxylic acid groups (broad SMARTS) is 1. The highest BCUT2D eigenvalue weighted by Crippen LogP contribution is 2.14. The van der Waals surface area contributed by atoms with Crippen molar-refractivity contribution in [1.29, 1.82) is 0 Å². The van der Waals surface area contributed by atoms with Gasteiger partial charge in [-0.25, -0.2) is 4.79 Å². The molecule has 0 aliphatic heterocycles. The third-order valence-corrected chi connectivity index (χ3v) is 6.72. The molecular weight excluding hydrogens is 500 g/mol. The quantitative estimate of drug-likeness (QED) is 0.212. The van der Waals surface area contributed by atoms with Crippen molar-refractivity contribution in [3.05, 3.63) is 65.7 Å². The average Bonchev–Trinajstić information content (AvgIpc) is 2.91. The number of nitrogens with two attached hydrogens (primary N) is 1. The molecule has 0 spiro atoms. The minimum atomic E-state index is -1.26. The second-order valence-corrected chi connectivity index (χ2v) is 10.2. The maximum absolute atomic E-state index is 13.5. The molecule has 0 fully saturated rings. The summed E-state index contributed by atoms with van der Waals surface area (Å²) < 4.78 is 0. The summed E-state index contributed by atoms with van der Waals surface area (Å²) >= 11 is 0. The Morgan fingerprint density at radius 2 is 1.31 bits per heavy atom. The van der Waals surface area contributed by atoms with Gasteiger partial charge in [-0.3, -0.25) is 14.4 Å². The number of rotatable bonds is 14. The van der Waals surface area contributed by atoms with Crippen molar-refractivity contribution >= 4 is 23.7 Å². The summed E-state index contributed by atoms with van der Waals surface area (Å²) in [6, 6.07) is 11.0. The largest absolute Gasteiger partial charge is 0.508 e. The van der Waals surface area contributed by atoms with Gasteiger partial charge in [-0.1, -0.05) is 76.6 Å². The number of carbonyl (C=O) groups is 4. The number of carboxylic acids is 1. The molecule has 212 valence electrons. The fraction of sp³-hybridized carbons (Fsp3) is 0.448. The van der Waals surface area contributed by atoms with E-state index in [1.165, 1.54) is 12.1 Å². The van der Waals surface area contributed by atoms with Gasteiger partial charge in [-0.05, 0) is 35.1 Å². The van der Waals surface area contributed by atoms with Gasteiger partial charge >= 0.3 is 5.97 Å². The SMILES string of the molecule is CCC(C)C(NC(=O)C(Cc1ccccc1)NC(=O)C(N)C(C)C)C(=O)NC(Cc1ccc(O)cc1)C(=O)O. The molecule has 0 heterocycles. The van der Waals surface area contributed by atoms with Crippen molar-refractivity contribution in [3.8, 4) is 5.75 Å². The predicted octanol–water partition coefficient (Wildman–Crippen LogP) is 1.75. The fourth-order valence-electron chi connectivity index (χ4n) is 3.91. The minimum absolute atomic E-state index is 0.0116. The highest BCUT2D eigenvalue weighted by Gasteiger charge is 2.33. The van der Waals surface area contributed by atoms with Crippen LogP contribution in [0.1, 0.15) is 45.2 Å². The molecule has 5 atom stereocenters. The monoisotopic (exact) mass is 540 g/mol. The van der Waals surface area contributed by atoms with Gasteiger partial charge in [-0.15, -0.1) is 0 Å². The molecule has 5 unspecified atom stereocenters. The van der Waals surface area contributed by atoms with Gasteiger partial charge in [0.15, 0.2) is 0 Å². The van der Waals surface area contributed by atoms with E-state index < -0.39 is 47.9 Å². The lowest BCUT2D eigenvalue weighted by atomic mass is 9.96. The van der Waals surface area contributed by atoms with Crippen LogP contribution in [0.4, 0.5) is 0 Å². The van der Waals surface area contributed by atoms with Gasteiger partial charge in [0.05, 0.1) is 6.04 Å². The van der Waals surface area contributed by atoms with Gasteiger partial charge in [-0.2, -0.15) is 0 Å². The number of amides is 3. The summed E-state index contributed by atoms with van der Waals surface area (Å²) in [4.78, 5) is 51.4. The number of benzene rings is 2. The molecule has 39 heavy (non-hydrogen) atoms. The van der Waals surface area contributed by atoms with E-state index in [4.69, 9.17) is 5.73 Å². The summed E-state index contributed by atoms with van der Waals surface area (Å²) in [5, 5.41) is 27.2. The van der Waals surface area contributed by atoms with Crippen LogP contribution in [0.15, 0.2) is 54.6 Å². The van der Waals surface area contributed by atoms with E-state index in [1.807, 2.05) is 37.3 Å². The Morgan fingerprint density at radius 1 is 0.769 bits per heavy atom. The zero-order chi connectivity index (χ0) is 29.1. The molecular formula is C29H40N4O6. The van der Waals surface area contributed by atoms with Crippen molar-refractivity contribution in [2.75, 3.05) is 0 Å². The zero-order valence-corrected chi connectivity index (χ0v) is 22.9. The number of aromatic hydroxyl groups is 1. The molecule has 0 saturated heterocycles. The van der Waals surface area contributed by atoms with Crippen LogP contribution in [0.25, 0.3) is 0 Å². The van der Waals surface area contributed by atoms with Gasteiger partial charge in [0.25, 0.3) is 0 Å². The van der Waals surface area contributed by atoms with Crippen LogP contribution in [0.3, 0.4) is 0 Å². The number of phenolic OH excluding ortho intramolecular Hbond substituents is 1. The highest BCUT2D eigenvalue weighted by molar-refractivity contribution is 5.94. The number of phenols is 1. The smallest absolute Gasteiger partial charge is 0.326 e. The zero-order valence-electron chi connectivity index (χ0n) is 22.9. The molecule has 2 aromatic rings. The molecule has 10 heteroatoms. The van der Waals surface area contributed by atoms with E-state index in [0.29, 0.717) is 12.0 Å². The summed E-state index contributed by atoms with van der Waals surface area (Å²) in [5.41, 5.74) is 7.41. The first-order chi connectivity index (χ1) is 18.4. The van der Waals surface area contributed by atoms with Crippen LogP contribution in [-0.2, 0) is 32.0 Å². The van der Waals surface area contributed by atoms with Gasteiger partial charge < -0.3 is 31.9 Å². The third kappa shape index (κ3) is 9.72. The van der Waals surface area contributed by atoms with Crippen LogP contribution in [0.5, 0.6) is 5.75 Å². The maximum Gasteiger partial charge on any atom is 0.326 e. The average molecular weight is 541 g/mol. The molecule has 0 radical (unpaired) electrons. The molecule has 7 N–H and O–H groups in total. The second-order valence-electron chi connectivity index (χ2n) is 10.2. The highest BCUT2D eigenvalue weighted by atomic mass is 16.4. The van der Waals surface area contributed by atoms with Crippen LogP contribution < -0.4 is 21.7 Å². The standard InChI is InChI=1S/C29H40N4O6/c1-5-18(4)25(28(37)32-23(29(38)39)16-20-11-13-21(34)14-12-20)33-26(35)22(15-19-9-7-6-8-10-19)31-27(36)24(30)17(2)3/h6-14,17-18,22-25,34H,5,15-16,30H2,1-4H3,(H,31,36)(H,32,37)(H,33,35)(H,38,39). The minimum Gasteiger partial charge on any atom is -0.508 e. The Bertz CT molecular complexity index is 1110. The Morgan fingerprint density at radius 3 is 1.85 bits per heavy atom. The number of carbonyl (C=O) groups excluding carboxylic acids is 3. The molecule has 0 aromatic heterocycles. The van der Waals surface area contributed by atoms with Gasteiger partial charge in [0.2, 0.25) is 17.7 Å². The summed E-state index contributed by atoms with van der Waals surface area (Å²) in [5.74, 6) is -3.37. The molecule has 3 amide bonds. The summed E-state index contributed by atoms with van der Waals surface area (Å²) in [6.45, 7) is 7.24. The third-order valence-electron chi connectivity index (χ3n) is 6.72. The van der Waals surface area contributed by atoms with E-state index in [-0.39, 0.29) is 30.4 Å². The van der Waals surface area contributed by atoms with Gasteiger partial charge in [0, 0.05) is 12.8 Å². The van der Waals surface area contributed by atoms with Crippen LogP contribution in [-0.4, -0.2) is 58.1 Å². The molecule has 0 bridgehead atoms. The maximum atomic E-state index is 13.5. The predicted molar refractivity (Wildman–Crippen MR) is 148 cm³/mol. The Hall–Kier alpha value is -3.92. The van der Waals surface area contributed by atoms with E-state index in [9.17, 15) is 29.4 Å². The Balaban J connectivity index is 2.24. The fourth-order valence-corrected chi connectivity index (χ4v) is 3.91. The van der Waals surface area contributed by atoms with Crippen molar-refractivity contribution in [2.45, 2.75) is 71.1 Å². The number of aliphatic carboxylic acids is 1. The topological polar surface area (TPSA) is 171 Å². The molecule has 2 aromatic carbocycles. The molecule has 0 aliphatic rings. The number of nitrogens with one attached hydrogen (secondary N) is 3. The first-order valence-electron chi connectivity index (χ1n) is 13.1. The molecule has 0 aliphatic carbocycles. The number of hydrogen-bond donors (Lipinski definition) is 6. The van der Waals surface area contributed by atoms with Gasteiger partial charge in [0.1, 0.15) is 23.9 Å². The molecule has 0 saturated carbocycles. The van der Waals surface area contributed by atoms with E-state index >= 15 is 0 Å². The van der Waals surface area contributed by atoms with Crippen molar-refractivity contribution in [2.24, 2.45) is 17.6 Å². The second kappa shape index (κ2) is 14.9. The van der Waals surface area contributed by atoms with Crippen LogP contribution >= 0.6 is 0 Å². The molecule has 10 nitrogen and oxygen atoms in total. The first-order valence-corrected chi connectivity index (χ1v) is 13.1. The Kier molecular flexibility index (Phi) is 11.9.